The van der Waals surface area contributed by atoms with Crippen molar-refractivity contribution in [1.29, 1.82) is 10.5 Å². The Labute approximate surface area is 347 Å². The van der Waals surface area contributed by atoms with Gasteiger partial charge in [0.2, 0.25) is 0 Å². The first-order valence-corrected chi connectivity index (χ1v) is 22.0. The summed E-state index contributed by atoms with van der Waals surface area (Å²) >= 11 is 1.38. The molecule has 0 aliphatic heterocycles. The average Bonchev–Trinajstić information content (AvgIpc) is 3.60. The molecular weight excluding hydrogens is 887 g/mol. The van der Waals surface area contributed by atoms with Crippen LogP contribution in [0.2, 0.25) is 0 Å². The topological polar surface area (TPSA) is 336 Å². The lowest BCUT2D eigenvalue weighted by Crippen LogP contribution is -2.05. The summed E-state index contributed by atoms with van der Waals surface area (Å²) in [6, 6.07) is 21.9. The number of hydrogen-bond acceptors (Lipinski definition) is 20. The Morgan fingerprint density at radius 1 is 0.733 bits per heavy atom. The third kappa shape index (κ3) is 9.94. The van der Waals surface area contributed by atoms with Gasteiger partial charge < -0.3 is 10.6 Å². The maximum atomic E-state index is 12.1. The summed E-state index contributed by atoms with van der Waals surface area (Å²) in [5, 5.41) is 55.7. The monoisotopic (exact) mass is 909 g/mol. The molecule has 60 heavy (non-hydrogen) atoms. The van der Waals surface area contributed by atoms with Crippen LogP contribution in [0.25, 0.3) is 10.8 Å². The molecule has 2 heterocycles. The van der Waals surface area contributed by atoms with Crippen LogP contribution in [0.1, 0.15) is 16.7 Å². The van der Waals surface area contributed by atoms with Gasteiger partial charge in [-0.25, -0.2) is 10.2 Å². The number of nitriles is 2. The summed E-state index contributed by atoms with van der Waals surface area (Å²) in [6.45, 7) is 1.52. The van der Waals surface area contributed by atoms with Crippen LogP contribution < -0.4 is 10.6 Å². The minimum Gasteiger partial charge on any atom is -0.339 e. The molecule has 2 aromatic heterocycles. The molecule has 0 aliphatic carbocycles. The maximum absolute atomic E-state index is 12.1. The van der Waals surface area contributed by atoms with Crippen LogP contribution in [0.15, 0.2) is 125 Å². The molecule has 26 heteroatoms. The molecule has 6 rings (SSSR count). The second-order valence-electron chi connectivity index (χ2n) is 11.8. The molecule has 4 aromatic carbocycles. The second kappa shape index (κ2) is 17.5. The predicted octanol–water partition coefficient (Wildman–Crippen LogP) is 8.83. The fourth-order valence-corrected chi connectivity index (χ4v) is 8.26. The van der Waals surface area contributed by atoms with Crippen LogP contribution in [0.5, 0.6) is 0 Å². The standard InChI is InChI=1S/C34H23N9O12S5/c1-18-27(17-36)32(37-20-5-9-23(10-6-20)58(45,46)47)39-33(38-21-7-11-24(12-8-21)59(48,49)50)31(18)42-43-34-19(16-35)13-30(56-34)41-40-22-14-26-25(28(15-22)57-55-54-44)3-2-4-29(26)60(51,52)53/h2-15,44H,1H3,(H2,37,38,39)(H,45,46,47)(H,48,49,50)(H,51,52,53). The van der Waals surface area contributed by atoms with E-state index in [0.717, 1.165) is 35.6 Å². The molecule has 0 bridgehead atoms. The number of nitrogens with zero attached hydrogens (tertiary/aromatic N) is 7. The number of nitrogens with one attached hydrogen (secondary N) is 2. The number of rotatable bonds is 14. The van der Waals surface area contributed by atoms with Gasteiger partial charge in [-0.2, -0.15) is 35.8 Å². The van der Waals surface area contributed by atoms with Crippen LogP contribution >= 0.6 is 23.4 Å². The fraction of sp³-hybridized carbons (Fsp3) is 0.0294. The summed E-state index contributed by atoms with van der Waals surface area (Å²) in [5.74, 6) is -0.0664. The quantitative estimate of drug-likeness (QED) is 0.0195. The number of anilines is 4. The normalized spacial score (nSPS) is 12.2. The summed E-state index contributed by atoms with van der Waals surface area (Å²) in [5.41, 5.74) is 0.762. The summed E-state index contributed by atoms with van der Waals surface area (Å²) in [6.07, 6.45) is 0. The largest absolute Gasteiger partial charge is 0.339 e. The molecule has 0 aliphatic rings. The number of azo groups is 2. The zero-order chi connectivity index (χ0) is 43.4. The Morgan fingerprint density at radius 3 is 1.90 bits per heavy atom. The average molecular weight is 910 g/mol. The molecule has 0 saturated heterocycles. The summed E-state index contributed by atoms with van der Waals surface area (Å²) in [7, 11) is -13.7. The van der Waals surface area contributed by atoms with Crippen LogP contribution in [0, 0.1) is 29.6 Å². The number of hydrogen-bond donors (Lipinski definition) is 6. The van der Waals surface area contributed by atoms with E-state index in [1.54, 1.807) is 0 Å². The van der Waals surface area contributed by atoms with Crippen molar-refractivity contribution in [2.75, 3.05) is 10.6 Å². The van der Waals surface area contributed by atoms with Gasteiger partial charge in [0.1, 0.15) is 27.7 Å². The molecule has 0 radical (unpaired) electrons. The fourth-order valence-electron chi connectivity index (χ4n) is 5.31. The molecule has 0 unspecified atom stereocenters. The van der Waals surface area contributed by atoms with Gasteiger partial charge in [0.15, 0.2) is 16.6 Å². The predicted molar refractivity (Wildman–Crippen MR) is 215 cm³/mol. The first kappa shape index (κ1) is 43.3. The highest BCUT2D eigenvalue weighted by atomic mass is 32.2. The van der Waals surface area contributed by atoms with E-state index in [9.17, 15) is 49.4 Å². The van der Waals surface area contributed by atoms with E-state index in [0.29, 0.717) is 17.4 Å². The van der Waals surface area contributed by atoms with E-state index >= 15 is 0 Å². The molecule has 306 valence electrons. The molecule has 0 fully saturated rings. The lowest BCUT2D eigenvalue weighted by Gasteiger charge is -2.16. The Morgan fingerprint density at radius 2 is 1.35 bits per heavy atom. The number of thiophene rings is 1. The van der Waals surface area contributed by atoms with Crippen LogP contribution in [0.3, 0.4) is 0 Å². The van der Waals surface area contributed by atoms with E-state index in [-0.39, 0.29) is 76.3 Å². The van der Waals surface area contributed by atoms with Crippen molar-refractivity contribution < 1.29 is 53.5 Å². The van der Waals surface area contributed by atoms with Crippen LogP contribution in [0.4, 0.5) is 44.4 Å². The lowest BCUT2D eigenvalue weighted by atomic mass is 10.1. The van der Waals surface area contributed by atoms with Crippen molar-refractivity contribution in [3.8, 4) is 12.1 Å². The van der Waals surface area contributed by atoms with Crippen LogP contribution in [-0.2, 0) is 39.7 Å². The van der Waals surface area contributed by atoms with E-state index in [4.69, 9.17) is 5.26 Å². The zero-order valence-corrected chi connectivity index (χ0v) is 33.9. The van der Waals surface area contributed by atoms with Gasteiger partial charge in [0.05, 0.1) is 38.6 Å². The maximum Gasteiger partial charge on any atom is 0.295 e. The molecular formula is C34H23N9O12S5. The van der Waals surface area contributed by atoms with Crippen molar-refractivity contribution in [3.63, 3.8) is 0 Å². The highest BCUT2D eigenvalue weighted by Crippen LogP contribution is 2.42. The first-order valence-electron chi connectivity index (χ1n) is 16.1. The third-order valence-corrected chi connectivity index (χ3v) is 12.2. The summed E-state index contributed by atoms with van der Waals surface area (Å²) in [4.78, 5) is 3.52. The first-order chi connectivity index (χ1) is 28.4. The van der Waals surface area contributed by atoms with Crippen molar-refractivity contribution in [2.24, 2.45) is 20.5 Å². The van der Waals surface area contributed by atoms with Gasteiger partial charge in [-0.3, -0.25) is 13.7 Å². The summed E-state index contributed by atoms with van der Waals surface area (Å²) < 4.78 is 104. The van der Waals surface area contributed by atoms with E-state index in [2.05, 4.69) is 45.4 Å². The molecule has 6 aromatic rings. The lowest BCUT2D eigenvalue weighted by molar-refractivity contribution is -0.432. The zero-order valence-electron chi connectivity index (χ0n) is 29.8. The van der Waals surface area contributed by atoms with Gasteiger partial charge in [-0.1, -0.05) is 28.5 Å². The third-order valence-electron chi connectivity index (χ3n) is 8.02. The van der Waals surface area contributed by atoms with Gasteiger partial charge in [0.25, 0.3) is 30.4 Å². The Bertz CT molecular complexity index is 3150. The molecule has 0 saturated carbocycles. The van der Waals surface area contributed by atoms with Gasteiger partial charge in [-0.05, 0) is 85.1 Å². The van der Waals surface area contributed by atoms with E-state index in [1.807, 2.05) is 12.1 Å². The van der Waals surface area contributed by atoms with Gasteiger partial charge in [0, 0.05) is 27.2 Å². The van der Waals surface area contributed by atoms with Crippen molar-refractivity contribution in [2.45, 2.75) is 26.5 Å². The Kier molecular flexibility index (Phi) is 12.7. The Hall–Kier alpha value is -6.27. The smallest absolute Gasteiger partial charge is 0.295 e. The molecule has 21 nitrogen and oxygen atoms in total. The SMILES string of the molecule is Cc1c(C#N)c(Nc2ccc(S(=O)(=O)O)cc2)nc(Nc2ccc(S(=O)(=O)O)cc2)c1N=Nc1sc(N=Nc2cc(SOOO)c3cccc(S(=O)(=O)O)c3c2)cc1C#N. The van der Waals surface area contributed by atoms with Crippen molar-refractivity contribution >= 4 is 109 Å². The number of pyridine rings is 1. The highest BCUT2D eigenvalue weighted by molar-refractivity contribution is 7.94. The molecule has 0 atom stereocenters. The van der Waals surface area contributed by atoms with Gasteiger partial charge >= 0.3 is 0 Å². The minimum atomic E-state index is -4.69. The highest BCUT2D eigenvalue weighted by Gasteiger charge is 2.21. The van der Waals surface area contributed by atoms with Gasteiger partial charge in [-0.15, -0.1) is 24.8 Å². The second-order valence-corrected chi connectivity index (χ2v) is 17.8. The molecule has 6 N–H and O–H groups in total. The van der Waals surface area contributed by atoms with Crippen LogP contribution in [-0.4, -0.2) is 49.2 Å². The van der Waals surface area contributed by atoms with Crippen molar-refractivity contribution in [1.82, 2.24) is 4.98 Å². The molecule has 0 amide bonds. The molecule has 0 spiro atoms. The van der Waals surface area contributed by atoms with Crippen molar-refractivity contribution in [3.05, 3.63) is 102 Å². The minimum absolute atomic E-state index is 0.00247. The number of aromatic nitrogens is 1. The number of fused-ring (bicyclic) bond motifs is 1. The number of benzene rings is 4. The van der Waals surface area contributed by atoms with E-state index in [1.165, 1.54) is 67.6 Å². The van der Waals surface area contributed by atoms with E-state index < -0.39 is 40.1 Å². The Balaban J connectivity index is 1.39.